The molecule has 0 bridgehead atoms. The van der Waals surface area contributed by atoms with Gasteiger partial charge in [-0.1, -0.05) is 19.8 Å². The van der Waals surface area contributed by atoms with E-state index in [0.717, 1.165) is 32.5 Å². The summed E-state index contributed by atoms with van der Waals surface area (Å²) >= 11 is 0. The molecule has 0 heterocycles. The minimum atomic E-state index is 0.0750. The van der Waals surface area contributed by atoms with Crippen LogP contribution in [0.25, 0.3) is 0 Å². The summed E-state index contributed by atoms with van der Waals surface area (Å²) in [6, 6.07) is 0. The maximum Gasteiger partial charge on any atom is 0.222 e. The molecule has 0 saturated carbocycles. The smallest absolute Gasteiger partial charge is 0.222 e. The highest BCUT2D eigenvalue weighted by Crippen LogP contribution is 1.92. The zero-order valence-electron chi connectivity index (χ0n) is 12.5. The molecule has 0 aliphatic rings. The Morgan fingerprint density at radius 2 is 1.68 bits per heavy atom. The van der Waals surface area contributed by atoms with Crippen LogP contribution in [-0.4, -0.2) is 52.5 Å². The first-order valence-corrected chi connectivity index (χ1v) is 7.38. The molecular formula is C14H30N2O3. The maximum absolute atomic E-state index is 11.4. The van der Waals surface area contributed by atoms with Gasteiger partial charge in [-0.2, -0.15) is 0 Å². The summed E-state index contributed by atoms with van der Waals surface area (Å²) in [7, 11) is 1.93. The molecule has 0 unspecified atom stereocenters. The van der Waals surface area contributed by atoms with E-state index in [4.69, 9.17) is 9.47 Å². The van der Waals surface area contributed by atoms with Gasteiger partial charge in [0.15, 0.2) is 0 Å². The van der Waals surface area contributed by atoms with Crippen molar-refractivity contribution in [2.75, 3.05) is 46.6 Å². The molecule has 114 valence electrons. The van der Waals surface area contributed by atoms with Crippen molar-refractivity contribution in [3.63, 3.8) is 0 Å². The number of ether oxygens (including phenoxy) is 2. The summed E-state index contributed by atoms with van der Waals surface area (Å²) < 4.78 is 10.7. The highest BCUT2D eigenvalue weighted by atomic mass is 16.5. The standard InChI is InChI=1S/C14H30N2O3/c1-3-4-5-9-16-14(17)7-11-19-13-12-18-10-6-8-15-2/h15H,3-13H2,1-2H3,(H,16,17). The monoisotopic (exact) mass is 274 g/mol. The van der Waals surface area contributed by atoms with Gasteiger partial charge in [0.2, 0.25) is 5.91 Å². The number of hydrogen-bond acceptors (Lipinski definition) is 4. The Morgan fingerprint density at radius 3 is 2.37 bits per heavy atom. The average molecular weight is 274 g/mol. The normalized spacial score (nSPS) is 10.6. The molecular weight excluding hydrogens is 244 g/mol. The summed E-state index contributed by atoms with van der Waals surface area (Å²) in [4.78, 5) is 11.4. The maximum atomic E-state index is 11.4. The third-order valence-corrected chi connectivity index (χ3v) is 2.66. The van der Waals surface area contributed by atoms with Crippen LogP contribution in [0, 0.1) is 0 Å². The lowest BCUT2D eigenvalue weighted by atomic mass is 10.2. The Hall–Kier alpha value is -0.650. The Kier molecular flexibility index (Phi) is 14.9. The van der Waals surface area contributed by atoms with Crippen molar-refractivity contribution in [1.82, 2.24) is 10.6 Å². The molecule has 19 heavy (non-hydrogen) atoms. The van der Waals surface area contributed by atoms with E-state index in [1.807, 2.05) is 7.05 Å². The summed E-state index contributed by atoms with van der Waals surface area (Å²) in [5.41, 5.74) is 0. The molecule has 1 amide bonds. The lowest BCUT2D eigenvalue weighted by molar-refractivity contribution is -0.122. The fraction of sp³-hybridized carbons (Fsp3) is 0.929. The Bertz CT molecular complexity index is 201. The molecule has 0 atom stereocenters. The topological polar surface area (TPSA) is 59.6 Å². The Balaban J connectivity index is 3.10. The van der Waals surface area contributed by atoms with Gasteiger partial charge in [-0.3, -0.25) is 4.79 Å². The van der Waals surface area contributed by atoms with Gasteiger partial charge in [-0.15, -0.1) is 0 Å². The zero-order valence-corrected chi connectivity index (χ0v) is 12.5. The summed E-state index contributed by atoms with van der Waals surface area (Å²) in [6.07, 6.45) is 4.85. The van der Waals surface area contributed by atoms with Crippen molar-refractivity contribution in [2.24, 2.45) is 0 Å². The minimum absolute atomic E-state index is 0.0750. The summed E-state index contributed by atoms with van der Waals surface area (Å²) in [6.45, 7) is 6.28. The molecule has 0 aliphatic carbocycles. The first kappa shape index (κ1) is 18.4. The van der Waals surface area contributed by atoms with E-state index in [9.17, 15) is 4.79 Å². The number of amides is 1. The van der Waals surface area contributed by atoms with Crippen LogP contribution >= 0.6 is 0 Å². The molecule has 5 heteroatoms. The molecule has 0 fully saturated rings. The van der Waals surface area contributed by atoms with Crippen LogP contribution in [0.1, 0.15) is 39.0 Å². The second kappa shape index (κ2) is 15.4. The largest absolute Gasteiger partial charge is 0.379 e. The third-order valence-electron chi connectivity index (χ3n) is 2.66. The molecule has 0 aromatic rings. The first-order chi connectivity index (χ1) is 9.31. The Morgan fingerprint density at radius 1 is 0.947 bits per heavy atom. The fourth-order valence-corrected chi connectivity index (χ4v) is 1.53. The Labute approximate surface area is 117 Å². The molecule has 0 aliphatic heterocycles. The second-order valence-corrected chi connectivity index (χ2v) is 4.49. The molecule has 0 rings (SSSR count). The van der Waals surface area contributed by atoms with Crippen molar-refractivity contribution < 1.29 is 14.3 Å². The number of rotatable bonds is 14. The second-order valence-electron chi connectivity index (χ2n) is 4.49. The van der Waals surface area contributed by atoms with Gasteiger partial charge in [0.05, 0.1) is 19.8 Å². The van der Waals surface area contributed by atoms with Crippen LogP contribution < -0.4 is 10.6 Å². The van der Waals surface area contributed by atoms with E-state index in [1.165, 1.54) is 12.8 Å². The van der Waals surface area contributed by atoms with Gasteiger partial charge in [0.25, 0.3) is 0 Å². The van der Waals surface area contributed by atoms with Crippen LogP contribution in [0.3, 0.4) is 0 Å². The van der Waals surface area contributed by atoms with E-state index in [1.54, 1.807) is 0 Å². The first-order valence-electron chi connectivity index (χ1n) is 7.38. The van der Waals surface area contributed by atoms with Gasteiger partial charge < -0.3 is 20.1 Å². The van der Waals surface area contributed by atoms with Crippen LogP contribution in [0.4, 0.5) is 0 Å². The van der Waals surface area contributed by atoms with E-state index < -0.39 is 0 Å². The SMILES string of the molecule is CCCCCNC(=O)CCOCCOCCCNC. The predicted molar refractivity (Wildman–Crippen MR) is 77.3 cm³/mol. The van der Waals surface area contributed by atoms with Crippen LogP contribution in [0.2, 0.25) is 0 Å². The van der Waals surface area contributed by atoms with Crippen molar-refractivity contribution in [2.45, 2.75) is 39.0 Å². The summed E-state index contributed by atoms with van der Waals surface area (Å²) in [5.74, 6) is 0.0750. The lowest BCUT2D eigenvalue weighted by Crippen LogP contribution is -2.25. The van der Waals surface area contributed by atoms with Crippen LogP contribution in [-0.2, 0) is 14.3 Å². The van der Waals surface area contributed by atoms with Crippen molar-refractivity contribution in [3.8, 4) is 0 Å². The number of hydrogen-bond donors (Lipinski definition) is 2. The number of carbonyl (C=O) groups is 1. The van der Waals surface area contributed by atoms with Gasteiger partial charge in [-0.05, 0) is 26.4 Å². The van der Waals surface area contributed by atoms with Crippen molar-refractivity contribution in [1.29, 1.82) is 0 Å². The molecule has 5 nitrogen and oxygen atoms in total. The van der Waals surface area contributed by atoms with Gasteiger partial charge in [0, 0.05) is 19.6 Å². The van der Waals surface area contributed by atoms with Crippen LogP contribution in [0.15, 0.2) is 0 Å². The van der Waals surface area contributed by atoms with Gasteiger partial charge >= 0.3 is 0 Å². The van der Waals surface area contributed by atoms with Gasteiger partial charge in [-0.25, -0.2) is 0 Å². The molecule has 2 N–H and O–H groups in total. The number of nitrogens with one attached hydrogen (secondary N) is 2. The minimum Gasteiger partial charge on any atom is -0.379 e. The predicted octanol–water partition coefficient (Wildman–Crippen LogP) is 1.33. The average Bonchev–Trinajstić information content (AvgIpc) is 2.42. The summed E-state index contributed by atoms with van der Waals surface area (Å²) in [5, 5.41) is 5.95. The third kappa shape index (κ3) is 15.3. The van der Waals surface area contributed by atoms with Gasteiger partial charge in [0.1, 0.15) is 0 Å². The van der Waals surface area contributed by atoms with Crippen molar-refractivity contribution in [3.05, 3.63) is 0 Å². The number of carbonyl (C=O) groups excluding carboxylic acids is 1. The molecule has 0 radical (unpaired) electrons. The van der Waals surface area contributed by atoms with Crippen LogP contribution in [0.5, 0.6) is 0 Å². The highest BCUT2D eigenvalue weighted by molar-refractivity contribution is 5.75. The highest BCUT2D eigenvalue weighted by Gasteiger charge is 2.00. The van der Waals surface area contributed by atoms with E-state index in [2.05, 4.69) is 17.6 Å². The van der Waals surface area contributed by atoms with E-state index >= 15 is 0 Å². The molecule has 0 spiro atoms. The fourth-order valence-electron chi connectivity index (χ4n) is 1.53. The zero-order chi connectivity index (χ0) is 14.2. The molecule has 0 aromatic heterocycles. The quantitative estimate of drug-likeness (QED) is 0.469. The van der Waals surface area contributed by atoms with E-state index in [0.29, 0.717) is 26.2 Å². The number of unbranched alkanes of at least 4 members (excludes halogenated alkanes) is 2. The van der Waals surface area contributed by atoms with E-state index in [-0.39, 0.29) is 5.91 Å². The lowest BCUT2D eigenvalue weighted by Gasteiger charge is -2.06. The van der Waals surface area contributed by atoms with Crippen molar-refractivity contribution >= 4 is 5.91 Å². The molecule has 0 saturated heterocycles. The molecule has 0 aromatic carbocycles.